The van der Waals surface area contributed by atoms with Crippen LogP contribution in [-0.2, 0) is 9.53 Å². The van der Waals surface area contributed by atoms with Crippen LogP contribution in [0.2, 0.25) is 0 Å². The second kappa shape index (κ2) is 6.09. The quantitative estimate of drug-likeness (QED) is 0.593. The van der Waals surface area contributed by atoms with Crippen molar-refractivity contribution in [3.05, 3.63) is 35.4 Å². The molecule has 0 aromatic heterocycles. The molecule has 0 heterocycles. The lowest BCUT2D eigenvalue weighted by Gasteiger charge is -2.10. The second-order valence-electron chi connectivity index (χ2n) is 3.68. The Balaban J connectivity index is 3.21. The van der Waals surface area contributed by atoms with Gasteiger partial charge in [0.25, 0.3) is 0 Å². The van der Waals surface area contributed by atoms with Crippen LogP contribution in [0.15, 0.2) is 29.8 Å². The number of hydrogen-bond acceptors (Lipinski definition) is 3. The van der Waals surface area contributed by atoms with Gasteiger partial charge >= 0.3 is 5.97 Å². The molecule has 3 nitrogen and oxygen atoms in total. The third-order valence-corrected chi connectivity index (χ3v) is 2.72. The van der Waals surface area contributed by atoms with Crippen molar-refractivity contribution in [1.29, 1.82) is 0 Å². The first kappa shape index (κ1) is 13.3. The highest BCUT2D eigenvalue weighted by atomic mass is 16.5. The van der Waals surface area contributed by atoms with E-state index in [1.807, 2.05) is 31.2 Å². The predicted octanol–water partition coefficient (Wildman–Crippen LogP) is 3.05. The van der Waals surface area contributed by atoms with Gasteiger partial charge < -0.3 is 9.47 Å². The van der Waals surface area contributed by atoms with Crippen LogP contribution in [0.1, 0.15) is 25.8 Å². The maximum absolute atomic E-state index is 11.5. The smallest absolute Gasteiger partial charge is 0.333 e. The van der Waals surface area contributed by atoms with Crippen molar-refractivity contribution in [2.45, 2.75) is 20.3 Å². The van der Waals surface area contributed by atoms with E-state index in [4.69, 9.17) is 9.47 Å². The minimum absolute atomic E-state index is 0.287. The van der Waals surface area contributed by atoms with E-state index >= 15 is 0 Å². The fourth-order valence-corrected chi connectivity index (χ4v) is 1.77. The van der Waals surface area contributed by atoms with Crippen LogP contribution in [0.4, 0.5) is 0 Å². The molecular formula is C14H18O3. The Kier molecular flexibility index (Phi) is 4.76. The molecule has 0 aliphatic heterocycles. The molecule has 17 heavy (non-hydrogen) atoms. The Hall–Kier alpha value is -1.77. The average Bonchev–Trinajstić information content (AvgIpc) is 2.38. The molecular weight excluding hydrogens is 216 g/mol. The zero-order valence-electron chi connectivity index (χ0n) is 10.7. The van der Waals surface area contributed by atoms with Gasteiger partial charge in [0.2, 0.25) is 0 Å². The molecule has 0 saturated carbocycles. The lowest BCUT2D eigenvalue weighted by molar-refractivity contribution is -0.135. The van der Waals surface area contributed by atoms with Crippen LogP contribution in [0.5, 0.6) is 5.75 Å². The number of methoxy groups -OCH3 is 2. The van der Waals surface area contributed by atoms with E-state index in [1.165, 1.54) is 7.11 Å². The third kappa shape index (κ3) is 3.09. The maximum atomic E-state index is 11.5. The topological polar surface area (TPSA) is 35.5 Å². The Labute approximate surface area is 102 Å². The van der Waals surface area contributed by atoms with E-state index in [-0.39, 0.29) is 5.97 Å². The Morgan fingerprint density at radius 3 is 2.53 bits per heavy atom. The molecule has 0 saturated heterocycles. The summed E-state index contributed by atoms with van der Waals surface area (Å²) in [5.74, 6) is 0.496. The van der Waals surface area contributed by atoms with E-state index < -0.39 is 0 Å². The summed E-state index contributed by atoms with van der Waals surface area (Å²) in [5.41, 5.74) is 2.62. The Morgan fingerprint density at radius 1 is 1.29 bits per heavy atom. The maximum Gasteiger partial charge on any atom is 0.333 e. The highest BCUT2D eigenvalue weighted by Crippen LogP contribution is 2.25. The molecule has 0 spiro atoms. The van der Waals surface area contributed by atoms with Crippen molar-refractivity contribution in [3.63, 3.8) is 0 Å². The number of carbonyl (C=O) groups is 1. The SMILES string of the molecule is CC/C(=C(\C)C(=O)OC)c1cccc(OC)c1. The predicted molar refractivity (Wildman–Crippen MR) is 67.9 cm³/mol. The highest BCUT2D eigenvalue weighted by molar-refractivity contribution is 5.97. The van der Waals surface area contributed by atoms with Crippen molar-refractivity contribution in [2.24, 2.45) is 0 Å². The molecule has 0 amide bonds. The lowest BCUT2D eigenvalue weighted by atomic mass is 9.98. The van der Waals surface area contributed by atoms with Crippen molar-refractivity contribution >= 4 is 11.5 Å². The van der Waals surface area contributed by atoms with Gasteiger partial charge in [-0.15, -0.1) is 0 Å². The largest absolute Gasteiger partial charge is 0.497 e. The lowest BCUT2D eigenvalue weighted by Crippen LogP contribution is -2.04. The minimum atomic E-state index is -0.287. The van der Waals surface area contributed by atoms with Crippen molar-refractivity contribution in [1.82, 2.24) is 0 Å². The Morgan fingerprint density at radius 2 is 2.00 bits per heavy atom. The van der Waals surface area contributed by atoms with Crippen molar-refractivity contribution in [3.8, 4) is 5.75 Å². The first-order valence-corrected chi connectivity index (χ1v) is 5.56. The van der Waals surface area contributed by atoms with Crippen molar-refractivity contribution < 1.29 is 14.3 Å². The summed E-state index contributed by atoms with van der Waals surface area (Å²) in [6.07, 6.45) is 0.772. The normalized spacial score (nSPS) is 11.8. The molecule has 0 aliphatic rings. The molecule has 0 N–H and O–H groups in total. The molecule has 3 heteroatoms. The van der Waals surface area contributed by atoms with Crippen molar-refractivity contribution in [2.75, 3.05) is 14.2 Å². The van der Waals surface area contributed by atoms with E-state index in [1.54, 1.807) is 14.0 Å². The van der Waals surface area contributed by atoms with Gasteiger partial charge in [0.15, 0.2) is 0 Å². The molecule has 0 atom stereocenters. The molecule has 0 unspecified atom stereocenters. The zero-order valence-corrected chi connectivity index (χ0v) is 10.7. The number of hydrogen-bond donors (Lipinski definition) is 0. The van der Waals surface area contributed by atoms with Gasteiger partial charge in [-0.05, 0) is 36.6 Å². The summed E-state index contributed by atoms with van der Waals surface area (Å²) >= 11 is 0. The van der Waals surface area contributed by atoms with Gasteiger partial charge in [0.1, 0.15) is 5.75 Å². The zero-order chi connectivity index (χ0) is 12.8. The number of carbonyl (C=O) groups excluding carboxylic acids is 1. The summed E-state index contributed by atoms with van der Waals surface area (Å²) < 4.78 is 9.92. The average molecular weight is 234 g/mol. The van der Waals surface area contributed by atoms with E-state index in [9.17, 15) is 4.79 Å². The molecule has 1 rings (SSSR count). The highest BCUT2D eigenvalue weighted by Gasteiger charge is 2.11. The molecule has 0 fully saturated rings. The van der Waals surface area contributed by atoms with E-state index in [0.717, 1.165) is 23.3 Å². The van der Waals surface area contributed by atoms with Crippen LogP contribution >= 0.6 is 0 Å². The van der Waals surface area contributed by atoms with Gasteiger partial charge in [-0.2, -0.15) is 0 Å². The summed E-state index contributed by atoms with van der Waals surface area (Å²) in [6.45, 7) is 3.80. The standard InChI is InChI=1S/C14H18O3/c1-5-13(10(2)14(15)17-4)11-7-6-8-12(9-11)16-3/h6-9H,5H2,1-4H3/b13-10-. The molecule has 0 aliphatic carbocycles. The number of ether oxygens (including phenoxy) is 2. The minimum Gasteiger partial charge on any atom is -0.497 e. The summed E-state index contributed by atoms with van der Waals surface area (Å²) in [5, 5.41) is 0. The van der Waals surface area contributed by atoms with E-state index in [2.05, 4.69) is 0 Å². The number of rotatable bonds is 4. The summed E-state index contributed by atoms with van der Waals surface area (Å²) in [6, 6.07) is 7.68. The van der Waals surface area contributed by atoms with Crippen LogP contribution < -0.4 is 4.74 Å². The van der Waals surface area contributed by atoms with Crippen LogP contribution in [-0.4, -0.2) is 20.2 Å². The molecule has 92 valence electrons. The fourth-order valence-electron chi connectivity index (χ4n) is 1.77. The van der Waals surface area contributed by atoms with Gasteiger partial charge in [0.05, 0.1) is 14.2 Å². The number of benzene rings is 1. The summed E-state index contributed by atoms with van der Waals surface area (Å²) in [4.78, 5) is 11.5. The Bertz CT molecular complexity index is 433. The molecule has 0 bridgehead atoms. The number of allylic oxidation sites excluding steroid dienone is 1. The third-order valence-electron chi connectivity index (χ3n) is 2.72. The van der Waals surface area contributed by atoms with Gasteiger partial charge in [0, 0.05) is 5.57 Å². The summed E-state index contributed by atoms with van der Waals surface area (Å²) in [7, 11) is 3.02. The van der Waals surface area contributed by atoms with Crippen LogP contribution in [0, 0.1) is 0 Å². The first-order valence-electron chi connectivity index (χ1n) is 5.56. The van der Waals surface area contributed by atoms with Gasteiger partial charge in [-0.3, -0.25) is 0 Å². The molecule has 1 aromatic carbocycles. The number of esters is 1. The van der Waals surface area contributed by atoms with Gasteiger partial charge in [-0.25, -0.2) is 4.79 Å². The fraction of sp³-hybridized carbons (Fsp3) is 0.357. The van der Waals surface area contributed by atoms with Crippen LogP contribution in [0.3, 0.4) is 0 Å². The molecule has 1 aromatic rings. The first-order chi connectivity index (χ1) is 8.13. The van der Waals surface area contributed by atoms with Crippen LogP contribution in [0.25, 0.3) is 5.57 Å². The second-order valence-corrected chi connectivity index (χ2v) is 3.68. The monoisotopic (exact) mass is 234 g/mol. The van der Waals surface area contributed by atoms with E-state index in [0.29, 0.717) is 5.57 Å². The molecule has 0 radical (unpaired) electrons. The van der Waals surface area contributed by atoms with Gasteiger partial charge in [-0.1, -0.05) is 19.1 Å².